The second-order valence-electron chi connectivity index (χ2n) is 9.39. The molecule has 3 rings (SSSR count). The van der Waals surface area contributed by atoms with E-state index in [9.17, 15) is 14.4 Å². The number of unbranched alkanes of at least 4 members (excludes halogenated alkanes) is 1. The average molecular weight is 399 g/mol. The van der Waals surface area contributed by atoms with Gasteiger partial charge < -0.3 is 5.32 Å². The second kappa shape index (κ2) is 8.29. The summed E-state index contributed by atoms with van der Waals surface area (Å²) in [5.74, 6) is -0.301. The van der Waals surface area contributed by atoms with E-state index < -0.39 is 5.41 Å². The molecular formula is C24H34N2O3. The molecule has 1 saturated heterocycles. The van der Waals surface area contributed by atoms with Gasteiger partial charge in [0.05, 0.1) is 5.41 Å². The molecule has 2 unspecified atom stereocenters. The van der Waals surface area contributed by atoms with Gasteiger partial charge in [-0.15, -0.1) is 0 Å². The first-order valence-corrected chi connectivity index (χ1v) is 11.0. The first-order valence-electron chi connectivity index (χ1n) is 11.0. The number of amides is 3. The predicted molar refractivity (Wildman–Crippen MR) is 114 cm³/mol. The molecule has 1 aliphatic heterocycles. The van der Waals surface area contributed by atoms with Crippen LogP contribution in [0, 0.1) is 16.7 Å². The number of likely N-dealkylation sites (tertiary alicyclic amines) is 1. The summed E-state index contributed by atoms with van der Waals surface area (Å²) in [6.45, 7) is 8.57. The van der Waals surface area contributed by atoms with Crippen LogP contribution in [0.1, 0.15) is 71.8 Å². The van der Waals surface area contributed by atoms with Crippen LogP contribution in [-0.2, 0) is 20.8 Å². The molecule has 0 spiro atoms. The van der Waals surface area contributed by atoms with Crippen molar-refractivity contribution in [3.63, 3.8) is 0 Å². The number of anilines is 1. The fourth-order valence-electron chi connectivity index (χ4n) is 4.87. The molecular weight excluding hydrogens is 364 g/mol. The Balaban J connectivity index is 1.50. The van der Waals surface area contributed by atoms with E-state index in [1.54, 1.807) is 0 Å². The highest BCUT2D eigenvalue weighted by Crippen LogP contribution is 2.60. The van der Waals surface area contributed by atoms with Crippen molar-refractivity contribution in [2.75, 3.05) is 11.9 Å². The van der Waals surface area contributed by atoms with Gasteiger partial charge in [0.25, 0.3) is 0 Å². The Morgan fingerprint density at radius 2 is 1.83 bits per heavy atom. The molecule has 29 heavy (non-hydrogen) atoms. The van der Waals surface area contributed by atoms with Crippen molar-refractivity contribution in [1.29, 1.82) is 0 Å². The highest BCUT2D eigenvalue weighted by molar-refractivity contribution is 6.03. The van der Waals surface area contributed by atoms with Crippen LogP contribution in [0.3, 0.4) is 0 Å². The minimum Gasteiger partial charge on any atom is -0.326 e. The zero-order chi connectivity index (χ0) is 21.2. The first-order chi connectivity index (χ1) is 13.7. The van der Waals surface area contributed by atoms with Crippen LogP contribution in [0.4, 0.5) is 5.69 Å². The molecule has 1 heterocycles. The lowest BCUT2D eigenvalue weighted by atomic mass is 9.62. The third-order valence-corrected chi connectivity index (χ3v) is 7.35. The summed E-state index contributed by atoms with van der Waals surface area (Å²) in [5.41, 5.74) is 1.29. The van der Waals surface area contributed by atoms with Crippen molar-refractivity contribution in [3.05, 3.63) is 29.8 Å². The molecule has 2 bridgehead atoms. The van der Waals surface area contributed by atoms with E-state index in [1.165, 1.54) is 10.5 Å². The van der Waals surface area contributed by atoms with Crippen LogP contribution >= 0.6 is 0 Å². The SMILES string of the molecule is CCCCc1ccc(NC(=O)CCCN2C(=O)C3CCC(C)(C2=O)C3(C)C)cc1. The van der Waals surface area contributed by atoms with Crippen molar-refractivity contribution in [2.24, 2.45) is 16.7 Å². The summed E-state index contributed by atoms with van der Waals surface area (Å²) in [5, 5.41) is 2.91. The number of aryl methyl sites for hydroxylation is 1. The first kappa shape index (κ1) is 21.5. The molecule has 1 aromatic carbocycles. The van der Waals surface area contributed by atoms with E-state index in [4.69, 9.17) is 0 Å². The van der Waals surface area contributed by atoms with E-state index in [-0.39, 0.29) is 29.1 Å². The third kappa shape index (κ3) is 3.96. The summed E-state index contributed by atoms with van der Waals surface area (Å²) < 4.78 is 0. The Morgan fingerprint density at radius 3 is 2.48 bits per heavy atom. The summed E-state index contributed by atoms with van der Waals surface area (Å²) in [6.07, 6.45) is 5.70. The highest BCUT2D eigenvalue weighted by Gasteiger charge is 2.64. The number of hydrogen-bond acceptors (Lipinski definition) is 3. The van der Waals surface area contributed by atoms with Gasteiger partial charge in [-0.3, -0.25) is 19.3 Å². The van der Waals surface area contributed by atoms with Crippen molar-refractivity contribution in [3.8, 4) is 0 Å². The Bertz CT molecular complexity index is 784. The molecule has 3 amide bonds. The topological polar surface area (TPSA) is 66.5 Å². The Labute approximate surface area is 174 Å². The lowest BCUT2D eigenvalue weighted by molar-refractivity contribution is -0.168. The summed E-state index contributed by atoms with van der Waals surface area (Å²) in [7, 11) is 0. The smallest absolute Gasteiger partial charge is 0.235 e. The fourth-order valence-corrected chi connectivity index (χ4v) is 4.87. The summed E-state index contributed by atoms with van der Waals surface area (Å²) in [6, 6.07) is 7.96. The number of piperidine rings is 1. The second-order valence-corrected chi connectivity index (χ2v) is 9.39. The monoisotopic (exact) mass is 398 g/mol. The average Bonchev–Trinajstić information content (AvgIpc) is 2.87. The Morgan fingerprint density at radius 1 is 1.14 bits per heavy atom. The molecule has 0 aromatic heterocycles. The van der Waals surface area contributed by atoms with E-state index in [0.717, 1.165) is 37.8 Å². The summed E-state index contributed by atoms with van der Waals surface area (Å²) in [4.78, 5) is 39.5. The molecule has 5 heteroatoms. The molecule has 1 aliphatic carbocycles. The molecule has 0 radical (unpaired) electrons. The van der Waals surface area contributed by atoms with Crippen LogP contribution in [0.2, 0.25) is 0 Å². The molecule has 2 atom stereocenters. The van der Waals surface area contributed by atoms with Crippen molar-refractivity contribution < 1.29 is 14.4 Å². The standard InChI is InChI=1S/C24H34N2O3/c1-5-6-8-17-10-12-18(13-11-17)25-20(27)9-7-16-26-21(28)19-14-15-24(4,22(26)29)23(19,2)3/h10-13,19H,5-9,14-16H2,1-4H3,(H,25,27). The number of carbonyl (C=O) groups excluding carboxylic acids is 3. The Hall–Kier alpha value is -2.17. The van der Waals surface area contributed by atoms with Crippen LogP contribution in [0.15, 0.2) is 24.3 Å². The minimum absolute atomic E-state index is 0.0574. The molecule has 1 saturated carbocycles. The minimum atomic E-state index is -0.479. The molecule has 2 fully saturated rings. The molecule has 158 valence electrons. The summed E-state index contributed by atoms with van der Waals surface area (Å²) >= 11 is 0. The number of hydrogen-bond donors (Lipinski definition) is 1. The van der Waals surface area contributed by atoms with Gasteiger partial charge in [-0.1, -0.05) is 46.2 Å². The predicted octanol–water partition coefficient (Wildman–Crippen LogP) is 4.56. The zero-order valence-electron chi connectivity index (χ0n) is 18.2. The molecule has 2 aliphatic rings. The lowest BCUT2D eigenvalue weighted by Gasteiger charge is -2.47. The van der Waals surface area contributed by atoms with Crippen LogP contribution in [-0.4, -0.2) is 29.2 Å². The number of nitrogens with zero attached hydrogens (tertiary/aromatic N) is 1. The van der Waals surface area contributed by atoms with Gasteiger partial charge in [0, 0.05) is 24.6 Å². The van der Waals surface area contributed by atoms with Crippen molar-refractivity contribution in [1.82, 2.24) is 4.90 Å². The maximum Gasteiger partial charge on any atom is 0.235 e. The number of benzene rings is 1. The van der Waals surface area contributed by atoms with Gasteiger partial charge in [-0.2, -0.15) is 0 Å². The van der Waals surface area contributed by atoms with Crippen LogP contribution in [0.5, 0.6) is 0 Å². The molecule has 5 nitrogen and oxygen atoms in total. The van der Waals surface area contributed by atoms with E-state index in [0.29, 0.717) is 19.4 Å². The van der Waals surface area contributed by atoms with Gasteiger partial charge in [0.2, 0.25) is 17.7 Å². The van der Waals surface area contributed by atoms with Crippen molar-refractivity contribution >= 4 is 23.4 Å². The highest BCUT2D eigenvalue weighted by atomic mass is 16.2. The van der Waals surface area contributed by atoms with Gasteiger partial charge in [-0.05, 0) is 55.2 Å². The van der Waals surface area contributed by atoms with Gasteiger partial charge in [0.1, 0.15) is 0 Å². The van der Waals surface area contributed by atoms with Crippen molar-refractivity contribution in [2.45, 2.75) is 72.6 Å². The lowest BCUT2D eigenvalue weighted by Crippen LogP contribution is -2.59. The maximum atomic E-state index is 13.0. The number of rotatable bonds is 8. The van der Waals surface area contributed by atoms with E-state index in [1.807, 2.05) is 32.9 Å². The molecule has 1 aromatic rings. The number of carbonyl (C=O) groups is 3. The van der Waals surface area contributed by atoms with Gasteiger partial charge in [0.15, 0.2) is 0 Å². The zero-order valence-corrected chi connectivity index (χ0v) is 18.2. The van der Waals surface area contributed by atoms with Gasteiger partial charge >= 0.3 is 0 Å². The normalized spacial score (nSPS) is 25.4. The number of imide groups is 1. The maximum absolute atomic E-state index is 13.0. The van der Waals surface area contributed by atoms with Crippen LogP contribution < -0.4 is 5.32 Å². The van der Waals surface area contributed by atoms with Gasteiger partial charge in [-0.25, -0.2) is 0 Å². The largest absolute Gasteiger partial charge is 0.326 e. The van der Waals surface area contributed by atoms with E-state index >= 15 is 0 Å². The quantitative estimate of drug-likeness (QED) is 0.653. The Kier molecular flexibility index (Phi) is 6.16. The van der Waals surface area contributed by atoms with Crippen LogP contribution in [0.25, 0.3) is 0 Å². The van der Waals surface area contributed by atoms with E-state index in [2.05, 4.69) is 24.4 Å². The third-order valence-electron chi connectivity index (χ3n) is 7.35. The fraction of sp³-hybridized carbons (Fsp3) is 0.625. The molecule has 1 N–H and O–H groups in total. The number of nitrogens with one attached hydrogen (secondary N) is 1. The number of fused-ring (bicyclic) bond motifs is 2.